The fourth-order valence-electron chi connectivity index (χ4n) is 8.92. The standard InChI is InChI=1S/C63H116O5/c1-4-7-10-13-16-19-22-25-28-31-32-34-35-38-41-44-47-50-53-56-62(64)67-60-61(59-66-58-55-52-49-46-43-40-37-30-27-24-21-18-15-12-9-6-3)68-63(65)57-54-51-48-45-42-39-36-33-29-26-23-20-17-14-11-8-5-2/h9,12,18,21,27,30,40,43,61H,4-8,10-11,13-17,19-20,22-26,28-29,31-39,41-42,44-60H2,1-3H3/b12-9-,21-18-,30-27-,43-40-. The van der Waals surface area contributed by atoms with Gasteiger partial charge in [0.15, 0.2) is 6.10 Å². The summed E-state index contributed by atoms with van der Waals surface area (Å²) in [5.74, 6) is -0.394. The molecule has 0 aromatic carbocycles. The summed E-state index contributed by atoms with van der Waals surface area (Å²) in [7, 11) is 0. The SMILES string of the molecule is CC/C=C\C/C=C\C/C=C\C/C=C\CCCCCOCC(COC(=O)CCCCCCCCCCCCCCCCCCCCC)OC(=O)CCCCCCCCCCCCCCCCCCC. The van der Waals surface area contributed by atoms with Crippen LogP contribution in [0.4, 0.5) is 0 Å². The first kappa shape index (κ1) is 65.9. The molecule has 0 saturated heterocycles. The van der Waals surface area contributed by atoms with E-state index in [2.05, 4.69) is 69.4 Å². The molecule has 5 nitrogen and oxygen atoms in total. The molecule has 0 aromatic heterocycles. The van der Waals surface area contributed by atoms with Crippen molar-refractivity contribution in [1.29, 1.82) is 0 Å². The summed E-state index contributed by atoms with van der Waals surface area (Å²) in [6, 6.07) is 0. The molecule has 0 aliphatic carbocycles. The Morgan fingerprint density at radius 2 is 0.662 bits per heavy atom. The summed E-state index contributed by atoms with van der Waals surface area (Å²) >= 11 is 0. The van der Waals surface area contributed by atoms with Gasteiger partial charge in [-0.2, -0.15) is 0 Å². The van der Waals surface area contributed by atoms with E-state index in [0.29, 0.717) is 19.4 Å². The van der Waals surface area contributed by atoms with Crippen LogP contribution in [-0.2, 0) is 23.8 Å². The molecule has 0 N–H and O–H groups in total. The Hall–Kier alpha value is -2.14. The Morgan fingerprint density at radius 1 is 0.338 bits per heavy atom. The lowest BCUT2D eigenvalue weighted by Crippen LogP contribution is -2.30. The molecule has 0 aliphatic heterocycles. The molecule has 0 rings (SSSR count). The van der Waals surface area contributed by atoms with E-state index in [1.807, 2.05) is 0 Å². The van der Waals surface area contributed by atoms with Crippen LogP contribution in [0.3, 0.4) is 0 Å². The zero-order valence-corrected chi connectivity index (χ0v) is 45.9. The minimum Gasteiger partial charge on any atom is -0.462 e. The Balaban J connectivity index is 4.26. The van der Waals surface area contributed by atoms with Crippen LogP contribution in [0.1, 0.15) is 316 Å². The van der Waals surface area contributed by atoms with E-state index in [-0.39, 0.29) is 25.2 Å². The van der Waals surface area contributed by atoms with Crippen LogP contribution in [0.25, 0.3) is 0 Å². The molecule has 398 valence electrons. The van der Waals surface area contributed by atoms with Gasteiger partial charge in [-0.1, -0.05) is 294 Å². The van der Waals surface area contributed by atoms with E-state index in [4.69, 9.17) is 14.2 Å². The van der Waals surface area contributed by atoms with Crippen molar-refractivity contribution in [3.63, 3.8) is 0 Å². The highest BCUT2D eigenvalue weighted by molar-refractivity contribution is 5.70. The van der Waals surface area contributed by atoms with Gasteiger partial charge in [0.2, 0.25) is 0 Å². The Kier molecular flexibility index (Phi) is 57.3. The van der Waals surface area contributed by atoms with E-state index in [0.717, 1.165) is 77.0 Å². The van der Waals surface area contributed by atoms with Crippen LogP contribution in [0.2, 0.25) is 0 Å². The molecule has 5 heteroatoms. The third-order valence-electron chi connectivity index (χ3n) is 13.4. The maximum absolute atomic E-state index is 12.9. The number of rotatable bonds is 56. The number of carbonyl (C=O) groups is 2. The summed E-state index contributed by atoms with van der Waals surface area (Å²) in [6.07, 6.45) is 74.3. The van der Waals surface area contributed by atoms with E-state index < -0.39 is 6.10 Å². The highest BCUT2D eigenvalue weighted by Gasteiger charge is 2.17. The third-order valence-corrected chi connectivity index (χ3v) is 13.4. The molecule has 0 bridgehead atoms. The zero-order chi connectivity index (χ0) is 49.2. The number of unbranched alkanes of at least 4 members (excludes halogenated alkanes) is 37. The second-order valence-corrected chi connectivity index (χ2v) is 20.2. The molecule has 0 aliphatic rings. The highest BCUT2D eigenvalue weighted by Crippen LogP contribution is 2.17. The monoisotopic (exact) mass is 953 g/mol. The van der Waals surface area contributed by atoms with Crippen molar-refractivity contribution in [2.75, 3.05) is 19.8 Å². The van der Waals surface area contributed by atoms with Gasteiger partial charge in [0.25, 0.3) is 0 Å². The number of esters is 2. The van der Waals surface area contributed by atoms with Crippen molar-refractivity contribution in [3.8, 4) is 0 Å². The first-order valence-electron chi connectivity index (χ1n) is 30.2. The molecule has 1 unspecified atom stereocenters. The van der Waals surface area contributed by atoms with Crippen molar-refractivity contribution in [2.24, 2.45) is 0 Å². The molecule has 0 aromatic rings. The third kappa shape index (κ3) is 56.4. The molecule has 0 heterocycles. The smallest absolute Gasteiger partial charge is 0.306 e. The second kappa shape index (κ2) is 59.2. The van der Waals surface area contributed by atoms with Gasteiger partial charge in [0.1, 0.15) is 6.61 Å². The molecule has 0 saturated carbocycles. The van der Waals surface area contributed by atoms with E-state index in [9.17, 15) is 9.59 Å². The lowest BCUT2D eigenvalue weighted by molar-refractivity contribution is -0.163. The van der Waals surface area contributed by atoms with Crippen molar-refractivity contribution < 1.29 is 23.8 Å². The highest BCUT2D eigenvalue weighted by atomic mass is 16.6. The molecular formula is C63H116O5. The zero-order valence-electron chi connectivity index (χ0n) is 45.9. The van der Waals surface area contributed by atoms with Crippen molar-refractivity contribution in [1.82, 2.24) is 0 Å². The summed E-state index contributed by atoms with van der Waals surface area (Å²) < 4.78 is 17.5. The fourth-order valence-corrected chi connectivity index (χ4v) is 8.92. The first-order chi connectivity index (χ1) is 33.6. The number of hydrogen-bond acceptors (Lipinski definition) is 5. The predicted octanol–water partition coefficient (Wildman–Crippen LogP) is 20.7. The molecule has 0 radical (unpaired) electrons. The topological polar surface area (TPSA) is 61.8 Å². The van der Waals surface area contributed by atoms with Crippen molar-refractivity contribution in [2.45, 2.75) is 322 Å². The van der Waals surface area contributed by atoms with Gasteiger partial charge in [-0.05, 0) is 57.8 Å². The summed E-state index contributed by atoms with van der Waals surface area (Å²) in [4.78, 5) is 25.6. The Bertz CT molecular complexity index is 1120. The fraction of sp³-hybridized carbons (Fsp3) is 0.841. The van der Waals surface area contributed by atoms with Gasteiger partial charge in [-0.25, -0.2) is 0 Å². The maximum atomic E-state index is 12.9. The largest absolute Gasteiger partial charge is 0.462 e. The van der Waals surface area contributed by atoms with Crippen LogP contribution in [-0.4, -0.2) is 37.9 Å². The Morgan fingerprint density at radius 3 is 1.04 bits per heavy atom. The minimum atomic E-state index is -0.549. The second-order valence-electron chi connectivity index (χ2n) is 20.2. The summed E-state index contributed by atoms with van der Waals surface area (Å²) in [5, 5.41) is 0. The van der Waals surface area contributed by atoms with Crippen LogP contribution >= 0.6 is 0 Å². The molecule has 0 spiro atoms. The predicted molar refractivity (Wildman–Crippen MR) is 298 cm³/mol. The van der Waals surface area contributed by atoms with Crippen LogP contribution < -0.4 is 0 Å². The lowest BCUT2D eigenvalue weighted by atomic mass is 10.0. The Labute approximate surface area is 424 Å². The van der Waals surface area contributed by atoms with Crippen molar-refractivity contribution >= 4 is 11.9 Å². The van der Waals surface area contributed by atoms with Crippen molar-refractivity contribution in [3.05, 3.63) is 48.6 Å². The molecule has 1 atom stereocenters. The maximum Gasteiger partial charge on any atom is 0.306 e. The van der Waals surface area contributed by atoms with E-state index in [1.165, 1.54) is 205 Å². The number of allylic oxidation sites excluding steroid dienone is 8. The van der Waals surface area contributed by atoms with E-state index in [1.54, 1.807) is 0 Å². The normalized spacial score (nSPS) is 12.5. The van der Waals surface area contributed by atoms with Gasteiger partial charge in [-0.3, -0.25) is 9.59 Å². The number of carbonyl (C=O) groups excluding carboxylic acids is 2. The van der Waals surface area contributed by atoms with Gasteiger partial charge in [0.05, 0.1) is 6.61 Å². The quantitative estimate of drug-likeness (QED) is 0.0345. The number of ether oxygens (including phenoxy) is 3. The van der Waals surface area contributed by atoms with Gasteiger partial charge in [0, 0.05) is 19.4 Å². The molecule has 0 amide bonds. The first-order valence-corrected chi connectivity index (χ1v) is 30.2. The van der Waals surface area contributed by atoms with E-state index >= 15 is 0 Å². The minimum absolute atomic E-state index is 0.0780. The number of hydrogen-bond donors (Lipinski definition) is 0. The molecule has 0 fully saturated rings. The summed E-state index contributed by atoms with van der Waals surface area (Å²) in [5.41, 5.74) is 0. The van der Waals surface area contributed by atoms with Gasteiger partial charge >= 0.3 is 11.9 Å². The average molecular weight is 954 g/mol. The summed E-state index contributed by atoms with van der Waals surface area (Å²) in [6.45, 7) is 7.71. The molecular weight excluding hydrogens is 837 g/mol. The lowest BCUT2D eigenvalue weighted by Gasteiger charge is -2.18. The van der Waals surface area contributed by atoms with Crippen LogP contribution in [0.15, 0.2) is 48.6 Å². The van der Waals surface area contributed by atoms with Crippen LogP contribution in [0.5, 0.6) is 0 Å². The average Bonchev–Trinajstić information content (AvgIpc) is 3.34. The molecule has 68 heavy (non-hydrogen) atoms. The van der Waals surface area contributed by atoms with Crippen LogP contribution in [0, 0.1) is 0 Å². The van der Waals surface area contributed by atoms with Gasteiger partial charge in [-0.15, -0.1) is 0 Å². The van der Waals surface area contributed by atoms with Gasteiger partial charge < -0.3 is 14.2 Å².